The minimum Gasteiger partial charge on any atom is -0.393 e. The van der Waals surface area contributed by atoms with Crippen molar-refractivity contribution < 1.29 is 9.90 Å². The van der Waals surface area contributed by atoms with Crippen molar-refractivity contribution in [3.05, 3.63) is 0 Å². The molecule has 76 valence electrons. The third-order valence-corrected chi connectivity index (χ3v) is 3.56. The van der Waals surface area contributed by atoms with Crippen molar-refractivity contribution in [2.24, 2.45) is 17.3 Å². The highest BCUT2D eigenvalue weighted by Crippen LogP contribution is 2.44. The molecule has 0 aliphatic heterocycles. The summed E-state index contributed by atoms with van der Waals surface area (Å²) in [5.74, 6) is 0.656. The van der Waals surface area contributed by atoms with Gasteiger partial charge in [-0.25, -0.2) is 0 Å². The van der Waals surface area contributed by atoms with E-state index < -0.39 is 0 Å². The number of aliphatic hydroxyl groups is 1. The largest absolute Gasteiger partial charge is 0.393 e. The Labute approximate surface area is 80.3 Å². The van der Waals surface area contributed by atoms with Gasteiger partial charge >= 0.3 is 0 Å². The van der Waals surface area contributed by atoms with Crippen molar-refractivity contribution in [3.63, 3.8) is 0 Å². The van der Waals surface area contributed by atoms with Gasteiger partial charge in [-0.05, 0) is 25.7 Å². The van der Waals surface area contributed by atoms with Crippen LogP contribution in [0.4, 0.5) is 0 Å². The van der Waals surface area contributed by atoms with E-state index in [4.69, 9.17) is 0 Å². The van der Waals surface area contributed by atoms with E-state index >= 15 is 0 Å². The summed E-state index contributed by atoms with van der Waals surface area (Å²) in [7, 11) is 0. The van der Waals surface area contributed by atoms with Crippen LogP contribution in [-0.4, -0.2) is 17.0 Å². The van der Waals surface area contributed by atoms with Crippen molar-refractivity contribution in [3.8, 4) is 0 Å². The fraction of sp³-hybridized carbons (Fsp3) is 0.909. The third kappa shape index (κ3) is 1.78. The molecular weight excluding hydrogens is 164 g/mol. The number of ketones is 1. The summed E-state index contributed by atoms with van der Waals surface area (Å²) in [6.07, 6.45) is 1.48. The SMILES string of the molecule is CC(=O)C1C(C)CCC(O)C1(C)C. The first-order valence-corrected chi connectivity index (χ1v) is 5.06. The van der Waals surface area contributed by atoms with Crippen LogP contribution in [0.1, 0.15) is 40.5 Å². The molecular formula is C11H20O2. The van der Waals surface area contributed by atoms with Crippen LogP contribution >= 0.6 is 0 Å². The van der Waals surface area contributed by atoms with Gasteiger partial charge in [-0.3, -0.25) is 4.79 Å². The van der Waals surface area contributed by atoms with Crippen LogP contribution in [0.5, 0.6) is 0 Å². The Kier molecular flexibility index (Phi) is 2.81. The monoisotopic (exact) mass is 184 g/mol. The van der Waals surface area contributed by atoms with Gasteiger partial charge in [0.1, 0.15) is 5.78 Å². The number of carbonyl (C=O) groups is 1. The van der Waals surface area contributed by atoms with Crippen molar-refractivity contribution in [2.75, 3.05) is 0 Å². The predicted molar refractivity (Wildman–Crippen MR) is 52.4 cm³/mol. The van der Waals surface area contributed by atoms with Gasteiger partial charge in [0.25, 0.3) is 0 Å². The average Bonchev–Trinajstić information content (AvgIpc) is 1.96. The molecule has 1 aliphatic carbocycles. The maximum atomic E-state index is 11.5. The molecule has 3 unspecified atom stereocenters. The van der Waals surface area contributed by atoms with Gasteiger partial charge in [0.2, 0.25) is 0 Å². The molecule has 1 aliphatic rings. The fourth-order valence-electron chi connectivity index (χ4n) is 2.82. The Hall–Kier alpha value is -0.370. The molecule has 3 atom stereocenters. The molecule has 1 fully saturated rings. The highest BCUT2D eigenvalue weighted by Gasteiger charge is 2.45. The van der Waals surface area contributed by atoms with E-state index in [1.54, 1.807) is 6.92 Å². The first-order valence-electron chi connectivity index (χ1n) is 5.06. The molecule has 0 bridgehead atoms. The number of hydrogen-bond acceptors (Lipinski definition) is 2. The van der Waals surface area contributed by atoms with Gasteiger partial charge < -0.3 is 5.11 Å². The van der Waals surface area contributed by atoms with E-state index in [1.807, 2.05) is 13.8 Å². The lowest BCUT2D eigenvalue weighted by molar-refractivity contribution is -0.135. The molecule has 1 rings (SSSR count). The highest BCUT2D eigenvalue weighted by atomic mass is 16.3. The van der Waals surface area contributed by atoms with E-state index in [0.717, 1.165) is 12.8 Å². The Morgan fingerprint density at radius 1 is 1.38 bits per heavy atom. The maximum absolute atomic E-state index is 11.5. The second kappa shape index (κ2) is 3.41. The molecule has 0 amide bonds. The predicted octanol–water partition coefficient (Wildman–Crippen LogP) is 2.01. The summed E-state index contributed by atoms with van der Waals surface area (Å²) in [5.41, 5.74) is -0.247. The summed E-state index contributed by atoms with van der Waals surface area (Å²) < 4.78 is 0. The molecule has 0 aromatic heterocycles. The number of hydrogen-bond donors (Lipinski definition) is 1. The second-order valence-electron chi connectivity index (χ2n) is 4.98. The summed E-state index contributed by atoms with van der Waals surface area (Å²) in [4.78, 5) is 11.5. The number of Topliss-reactive ketones (excluding diaryl/α,β-unsaturated/α-hetero) is 1. The molecule has 0 heterocycles. The summed E-state index contributed by atoms with van der Waals surface area (Å²) >= 11 is 0. The molecule has 13 heavy (non-hydrogen) atoms. The lowest BCUT2D eigenvalue weighted by atomic mass is 9.61. The molecule has 2 heteroatoms. The molecule has 0 aromatic carbocycles. The highest BCUT2D eigenvalue weighted by molar-refractivity contribution is 5.79. The molecule has 0 aromatic rings. The van der Waals surface area contributed by atoms with Crippen LogP contribution in [0.3, 0.4) is 0 Å². The van der Waals surface area contributed by atoms with Crippen LogP contribution in [0.15, 0.2) is 0 Å². The minimum absolute atomic E-state index is 0.0243. The normalized spacial score (nSPS) is 38.7. The fourth-order valence-corrected chi connectivity index (χ4v) is 2.82. The molecule has 2 nitrogen and oxygen atoms in total. The lowest BCUT2D eigenvalue weighted by Crippen LogP contribution is -2.47. The summed E-state index contributed by atoms with van der Waals surface area (Å²) in [6, 6.07) is 0. The molecule has 1 saturated carbocycles. The smallest absolute Gasteiger partial charge is 0.133 e. The van der Waals surface area contributed by atoms with Crippen LogP contribution in [0.2, 0.25) is 0 Å². The van der Waals surface area contributed by atoms with Gasteiger partial charge in [-0.15, -0.1) is 0 Å². The Bertz CT molecular complexity index is 208. The second-order valence-corrected chi connectivity index (χ2v) is 4.98. The van der Waals surface area contributed by atoms with Gasteiger partial charge in [-0.1, -0.05) is 20.8 Å². The first kappa shape index (κ1) is 10.7. The minimum atomic E-state index is -0.322. The number of rotatable bonds is 1. The van der Waals surface area contributed by atoms with Gasteiger partial charge in [0.05, 0.1) is 6.10 Å². The lowest BCUT2D eigenvalue weighted by Gasteiger charge is -2.44. The Morgan fingerprint density at radius 2 is 1.92 bits per heavy atom. The quantitative estimate of drug-likeness (QED) is 0.677. The standard InChI is InChI=1S/C11H20O2/c1-7-5-6-9(13)11(3,4)10(7)8(2)12/h7,9-10,13H,5-6H2,1-4H3. The van der Waals surface area contributed by atoms with Gasteiger partial charge in [-0.2, -0.15) is 0 Å². The zero-order chi connectivity index (χ0) is 10.2. The van der Waals surface area contributed by atoms with Gasteiger partial charge in [0, 0.05) is 11.3 Å². The van der Waals surface area contributed by atoms with Crippen molar-refractivity contribution in [1.82, 2.24) is 0 Å². The van der Waals surface area contributed by atoms with E-state index in [2.05, 4.69) is 6.92 Å². The topological polar surface area (TPSA) is 37.3 Å². The summed E-state index contributed by atoms with van der Waals surface area (Å²) in [5, 5.41) is 9.82. The molecule has 1 N–H and O–H groups in total. The van der Waals surface area contributed by atoms with Crippen molar-refractivity contribution >= 4 is 5.78 Å². The van der Waals surface area contributed by atoms with E-state index in [1.165, 1.54) is 0 Å². The van der Waals surface area contributed by atoms with Crippen LogP contribution in [0, 0.1) is 17.3 Å². The van der Waals surface area contributed by atoms with E-state index in [-0.39, 0.29) is 23.2 Å². The first-order chi connectivity index (χ1) is 5.87. The number of carbonyl (C=O) groups excluding carboxylic acids is 1. The Morgan fingerprint density at radius 3 is 2.31 bits per heavy atom. The molecule has 0 saturated heterocycles. The van der Waals surface area contributed by atoms with Crippen molar-refractivity contribution in [1.29, 1.82) is 0 Å². The number of aliphatic hydroxyl groups excluding tert-OH is 1. The average molecular weight is 184 g/mol. The zero-order valence-corrected chi connectivity index (χ0v) is 9.00. The van der Waals surface area contributed by atoms with E-state index in [9.17, 15) is 9.90 Å². The third-order valence-electron chi connectivity index (χ3n) is 3.56. The summed E-state index contributed by atoms with van der Waals surface area (Å²) in [6.45, 7) is 7.75. The molecule has 0 spiro atoms. The van der Waals surface area contributed by atoms with Crippen molar-refractivity contribution in [2.45, 2.75) is 46.6 Å². The molecule has 0 radical (unpaired) electrons. The maximum Gasteiger partial charge on any atom is 0.133 e. The Balaban J connectivity index is 2.91. The van der Waals surface area contributed by atoms with E-state index in [0.29, 0.717) is 5.92 Å². The van der Waals surface area contributed by atoms with Gasteiger partial charge in [0.15, 0.2) is 0 Å². The zero-order valence-electron chi connectivity index (χ0n) is 9.00. The van der Waals surface area contributed by atoms with Crippen LogP contribution in [0.25, 0.3) is 0 Å². The van der Waals surface area contributed by atoms with Crippen LogP contribution < -0.4 is 0 Å². The van der Waals surface area contributed by atoms with Crippen LogP contribution in [-0.2, 0) is 4.79 Å².